The quantitative estimate of drug-likeness (QED) is 0.386. The van der Waals surface area contributed by atoms with E-state index in [-0.39, 0.29) is 11.5 Å². The fraction of sp³-hybridized carbons (Fsp3) is 0.0400. The van der Waals surface area contributed by atoms with E-state index in [1.54, 1.807) is 12.1 Å². The summed E-state index contributed by atoms with van der Waals surface area (Å²) in [6, 6.07) is 36.2. The normalized spacial score (nSPS) is 12.8. The molecule has 4 rings (SSSR count). The van der Waals surface area contributed by atoms with Crippen molar-refractivity contribution in [2.75, 3.05) is 0 Å². The third-order valence-corrected chi connectivity index (χ3v) is 14.8. The Morgan fingerprint density at radius 2 is 0.897 bits per heavy atom. The van der Waals surface area contributed by atoms with Crippen molar-refractivity contribution in [1.82, 2.24) is 0 Å². The first kappa shape index (κ1) is 19.7. The summed E-state index contributed by atoms with van der Waals surface area (Å²) in [5.74, 6) is 0.124. The summed E-state index contributed by atoms with van der Waals surface area (Å²) in [6.07, 6.45) is 0.617. The van der Waals surface area contributed by atoms with Crippen LogP contribution in [0.3, 0.4) is 0 Å². The van der Waals surface area contributed by atoms with Crippen LogP contribution in [0.4, 0.5) is 0 Å². The first-order valence-electron chi connectivity index (χ1n) is 9.42. The van der Waals surface area contributed by atoms with Crippen molar-refractivity contribution in [1.29, 1.82) is 0 Å². The van der Waals surface area contributed by atoms with Crippen molar-refractivity contribution in [2.24, 2.45) is 0 Å². The van der Waals surface area contributed by atoms with Gasteiger partial charge in [0.15, 0.2) is 0 Å². The zero-order valence-corrected chi connectivity index (χ0v) is 18.3. The summed E-state index contributed by atoms with van der Waals surface area (Å²) in [7, 11) is 0. The molecule has 2 N–H and O–H groups in total. The van der Waals surface area contributed by atoms with Crippen LogP contribution < -0.4 is 15.9 Å². The van der Waals surface area contributed by atoms with Crippen LogP contribution in [0.25, 0.3) is 0 Å². The van der Waals surface area contributed by atoms with Crippen molar-refractivity contribution >= 4 is 36.7 Å². The van der Waals surface area contributed by atoms with Crippen LogP contribution >= 0.6 is 20.8 Å². The van der Waals surface area contributed by atoms with Gasteiger partial charge in [-0.1, -0.05) is 0 Å². The summed E-state index contributed by atoms with van der Waals surface area (Å²) in [5.41, 5.74) is 0.869. The molecule has 0 unspecified atom stereocenters. The summed E-state index contributed by atoms with van der Waals surface area (Å²) >= 11 is 4.37. The van der Waals surface area contributed by atoms with Gasteiger partial charge < -0.3 is 0 Å². The average molecular weight is 465 g/mol. The number of aromatic hydroxyl groups is 2. The Bertz CT molecular complexity index is 996. The Balaban J connectivity index is 2.09. The molecule has 0 aromatic heterocycles. The van der Waals surface area contributed by atoms with E-state index in [9.17, 15) is 10.2 Å². The molecule has 0 bridgehead atoms. The second-order valence-corrected chi connectivity index (χ2v) is 16.1. The van der Waals surface area contributed by atoms with Crippen LogP contribution in [0.15, 0.2) is 109 Å². The zero-order chi connectivity index (χ0) is 20.3. The number of hydrogen-bond donors (Lipinski definition) is 2. The Kier molecular flexibility index (Phi) is 5.21. The second kappa shape index (κ2) is 7.67. The molecule has 0 aliphatic rings. The van der Waals surface area contributed by atoms with Gasteiger partial charge in [-0.3, -0.25) is 0 Å². The van der Waals surface area contributed by atoms with E-state index < -0.39 is 5.31 Å². The molecule has 4 aromatic carbocycles. The van der Waals surface area contributed by atoms with Gasteiger partial charge in [0.2, 0.25) is 0 Å². The van der Waals surface area contributed by atoms with E-state index >= 15 is 0 Å². The molecule has 0 saturated carbocycles. The van der Waals surface area contributed by atoms with Gasteiger partial charge in [0.25, 0.3) is 0 Å². The van der Waals surface area contributed by atoms with Gasteiger partial charge >= 0.3 is 179 Å². The zero-order valence-electron chi connectivity index (χ0n) is 15.8. The maximum atomic E-state index is 10.1. The van der Waals surface area contributed by atoms with Crippen LogP contribution in [0, 0.1) is 0 Å². The molecule has 0 radical (unpaired) electrons. The van der Waals surface area contributed by atoms with Gasteiger partial charge in [0.05, 0.1) is 0 Å². The molecule has 0 spiro atoms. The molecule has 0 atom stereocenters. The molecule has 4 aromatic rings. The van der Waals surface area contributed by atoms with E-state index in [0.717, 1.165) is 5.56 Å². The molecule has 4 heteroatoms. The molecule has 0 heterocycles. The van der Waals surface area contributed by atoms with E-state index in [0.29, 0.717) is 6.16 Å². The topological polar surface area (TPSA) is 40.5 Å². The summed E-state index contributed by atoms with van der Waals surface area (Å²) in [5, 5.41) is 20.7. The second-order valence-electron chi connectivity index (χ2n) is 7.21. The van der Waals surface area contributed by atoms with Gasteiger partial charge in [0.1, 0.15) is 0 Å². The minimum absolute atomic E-state index is 0.0618. The Labute approximate surface area is 179 Å². The van der Waals surface area contributed by atoms with Crippen LogP contribution in [-0.2, 0) is 6.16 Å². The minimum atomic E-state index is -3.14. The summed E-state index contributed by atoms with van der Waals surface area (Å²) in [4.78, 5) is 0. The molecule has 0 saturated heterocycles. The maximum absolute atomic E-state index is 10.1. The molecule has 0 fully saturated rings. The predicted molar refractivity (Wildman–Crippen MR) is 128 cm³/mol. The number of phenolic OH excluding ortho intramolecular Hbond substituents is 2. The summed E-state index contributed by atoms with van der Waals surface area (Å²) in [6.45, 7) is 0. The van der Waals surface area contributed by atoms with E-state index in [1.165, 1.54) is 22.0 Å². The fourth-order valence-corrected chi connectivity index (χ4v) is 11.7. The molecule has 29 heavy (non-hydrogen) atoms. The first-order valence-corrected chi connectivity index (χ1v) is 13.9. The Morgan fingerprint density at radius 1 is 0.552 bits per heavy atom. The van der Waals surface area contributed by atoms with Crippen LogP contribution in [0.1, 0.15) is 5.56 Å². The molecule has 0 aliphatic carbocycles. The molecular weight excluding hydrogens is 443 g/mol. The molecule has 2 nitrogen and oxygen atoms in total. The molecule has 0 aliphatic heterocycles. The molecule has 146 valence electrons. The van der Waals surface area contributed by atoms with Gasteiger partial charge in [-0.2, -0.15) is 0 Å². The van der Waals surface area contributed by atoms with Crippen molar-refractivity contribution in [3.05, 3.63) is 115 Å². The van der Waals surface area contributed by atoms with Gasteiger partial charge in [-0.25, -0.2) is 0 Å². The first-order chi connectivity index (χ1) is 14.0. The van der Waals surface area contributed by atoms with Crippen LogP contribution in [0.2, 0.25) is 0 Å². The third-order valence-electron chi connectivity index (χ3n) is 5.33. The Morgan fingerprint density at radius 3 is 1.24 bits per heavy atom. The Hall–Kier alpha value is -2.61. The molecular formula is C25H22BrO2P. The van der Waals surface area contributed by atoms with Crippen molar-refractivity contribution in [3.63, 3.8) is 0 Å². The van der Waals surface area contributed by atoms with Crippen molar-refractivity contribution in [2.45, 2.75) is 6.16 Å². The summed E-state index contributed by atoms with van der Waals surface area (Å²) < 4.78 is 0. The predicted octanol–water partition coefficient (Wildman–Crippen LogP) is 5.44. The van der Waals surface area contributed by atoms with Gasteiger partial charge in [-0.05, 0) is 0 Å². The van der Waals surface area contributed by atoms with Gasteiger partial charge in [0, 0.05) is 0 Å². The number of benzene rings is 4. The SMILES string of the molecule is Oc1cc(O)cc(CP(Br)(c2ccccc2)(c2ccccc2)c2ccccc2)c1. The number of halogens is 1. The molecule has 0 amide bonds. The fourth-order valence-electron chi connectivity index (χ4n) is 4.03. The standard InChI is InChI=1S/C25H22BrO2P/c26-29(23-10-4-1-5-11-23,24-12-6-2-7-13-24,25-14-8-3-9-15-25)19-20-16-21(27)18-22(28)17-20/h1-18,27-28H,19H2. The van der Waals surface area contributed by atoms with Crippen LogP contribution in [-0.4, -0.2) is 10.2 Å². The number of rotatable bonds is 5. The van der Waals surface area contributed by atoms with Crippen molar-refractivity contribution < 1.29 is 10.2 Å². The number of phenols is 2. The number of hydrogen-bond acceptors (Lipinski definition) is 2. The van der Waals surface area contributed by atoms with Crippen LogP contribution in [0.5, 0.6) is 11.5 Å². The average Bonchev–Trinajstić information content (AvgIpc) is 2.75. The third kappa shape index (κ3) is 3.46. The van der Waals surface area contributed by atoms with Gasteiger partial charge in [-0.15, -0.1) is 0 Å². The van der Waals surface area contributed by atoms with Crippen molar-refractivity contribution in [3.8, 4) is 11.5 Å². The van der Waals surface area contributed by atoms with E-state index in [4.69, 9.17) is 0 Å². The monoisotopic (exact) mass is 464 g/mol. The van der Waals surface area contributed by atoms with E-state index in [2.05, 4.69) is 88.3 Å². The van der Waals surface area contributed by atoms with E-state index in [1.807, 2.05) is 18.2 Å².